The van der Waals surface area contributed by atoms with E-state index in [-0.39, 0.29) is 17.4 Å². The molecular formula is C18H26FN3O. The fraction of sp³-hybridized carbons (Fsp3) is 0.611. The third kappa shape index (κ3) is 3.90. The molecule has 2 saturated heterocycles. The molecule has 1 aromatic rings. The Bertz CT molecular complexity index is 551. The fourth-order valence-electron chi connectivity index (χ4n) is 3.83. The van der Waals surface area contributed by atoms with Crippen LogP contribution in [0.5, 0.6) is 0 Å². The lowest BCUT2D eigenvalue weighted by atomic mass is 10.0. The molecule has 0 radical (unpaired) electrons. The van der Waals surface area contributed by atoms with E-state index in [0.29, 0.717) is 18.5 Å². The number of para-hydroxylation sites is 1. The average molecular weight is 319 g/mol. The van der Waals surface area contributed by atoms with Crippen LogP contribution in [0.2, 0.25) is 0 Å². The Morgan fingerprint density at radius 3 is 2.96 bits per heavy atom. The number of hydrogen-bond acceptors (Lipinski definition) is 3. The van der Waals surface area contributed by atoms with Crippen LogP contribution in [0.25, 0.3) is 0 Å². The van der Waals surface area contributed by atoms with Crippen LogP contribution in [-0.2, 0) is 4.79 Å². The SMILES string of the molecule is CC[C@@H]1CN2CCC[C@H]2CN1CCC(=O)Nc1ccccc1F. The van der Waals surface area contributed by atoms with Crippen LogP contribution in [-0.4, -0.2) is 54.0 Å². The number of carbonyl (C=O) groups is 1. The van der Waals surface area contributed by atoms with Gasteiger partial charge in [0.1, 0.15) is 5.82 Å². The largest absolute Gasteiger partial charge is 0.324 e. The Kier molecular flexibility index (Phi) is 5.28. The van der Waals surface area contributed by atoms with Gasteiger partial charge in [-0.05, 0) is 37.9 Å². The zero-order valence-corrected chi connectivity index (χ0v) is 13.8. The molecule has 23 heavy (non-hydrogen) atoms. The first-order valence-corrected chi connectivity index (χ1v) is 8.70. The van der Waals surface area contributed by atoms with Gasteiger partial charge in [0.15, 0.2) is 0 Å². The first-order valence-electron chi connectivity index (χ1n) is 8.70. The van der Waals surface area contributed by atoms with E-state index in [9.17, 15) is 9.18 Å². The molecule has 0 aromatic heterocycles. The summed E-state index contributed by atoms with van der Waals surface area (Å²) >= 11 is 0. The highest BCUT2D eigenvalue weighted by atomic mass is 19.1. The lowest BCUT2D eigenvalue weighted by molar-refractivity contribution is -0.116. The van der Waals surface area contributed by atoms with Crippen molar-refractivity contribution in [2.45, 2.75) is 44.7 Å². The molecule has 0 aliphatic carbocycles. The van der Waals surface area contributed by atoms with Gasteiger partial charge in [0, 0.05) is 38.1 Å². The van der Waals surface area contributed by atoms with E-state index < -0.39 is 0 Å². The summed E-state index contributed by atoms with van der Waals surface area (Å²) in [5, 5.41) is 2.68. The second-order valence-electron chi connectivity index (χ2n) is 6.63. The van der Waals surface area contributed by atoms with Gasteiger partial charge in [-0.15, -0.1) is 0 Å². The zero-order chi connectivity index (χ0) is 16.2. The molecule has 2 atom stereocenters. The minimum absolute atomic E-state index is 0.112. The molecule has 2 heterocycles. The topological polar surface area (TPSA) is 35.6 Å². The van der Waals surface area contributed by atoms with Gasteiger partial charge in [-0.3, -0.25) is 14.6 Å². The summed E-state index contributed by atoms with van der Waals surface area (Å²) in [6, 6.07) is 7.50. The van der Waals surface area contributed by atoms with Crippen LogP contribution < -0.4 is 5.32 Å². The number of hydrogen-bond donors (Lipinski definition) is 1. The predicted octanol–water partition coefficient (Wildman–Crippen LogP) is 2.71. The van der Waals surface area contributed by atoms with Crippen LogP contribution in [0, 0.1) is 5.82 Å². The predicted molar refractivity (Wildman–Crippen MR) is 89.9 cm³/mol. The zero-order valence-electron chi connectivity index (χ0n) is 13.8. The van der Waals surface area contributed by atoms with Gasteiger partial charge in [0.05, 0.1) is 5.69 Å². The lowest BCUT2D eigenvalue weighted by Gasteiger charge is -2.43. The van der Waals surface area contributed by atoms with Crippen molar-refractivity contribution in [3.8, 4) is 0 Å². The highest BCUT2D eigenvalue weighted by molar-refractivity contribution is 5.90. The Morgan fingerprint density at radius 1 is 1.35 bits per heavy atom. The van der Waals surface area contributed by atoms with Crippen LogP contribution in [0.3, 0.4) is 0 Å². The molecule has 0 saturated carbocycles. The second kappa shape index (κ2) is 7.41. The lowest BCUT2D eigenvalue weighted by Crippen LogP contribution is -2.56. The van der Waals surface area contributed by atoms with Crippen molar-refractivity contribution in [3.63, 3.8) is 0 Å². The van der Waals surface area contributed by atoms with E-state index in [4.69, 9.17) is 0 Å². The van der Waals surface area contributed by atoms with Crippen molar-refractivity contribution < 1.29 is 9.18 Å². The first-order chi connectivity index (χ1) is 11.2. The molecule has 2 aliphatic heterocycles. The summed E-state index contributed by atoms with van der Waals surface area (Å²) in [5.41, 5.74) is 0.269. The van der Waals surface area contributed by atoms with Gasteiger partial charge < -0.3 is 5.32 Å². The highest BCUT2D eigenvalue weighted by Gasteiger charge is 2.35. The maximum atomic E-state index is 13.6. The third-order valence-corrected chi connectivity index (χ3v) is 5.15. The van der Waals surface area contributed by atoms with Crippen LogP contribution in [0.15, 0.2) is 24.3 Å². The van der Waals surface area contributed by atoms with Crippen molar-refractivity contribution in [2.75, 3.05) is 31.5 Å². The summed E-state index contributed by atoms with van der Waals surface area (Å²) in [7, 11) is 0. The number of nitrogens with zero attached hydrogens (tertiary/aromatic N) is 2. The number of halogens is 1. The molecule has 2 aliphatic rings. The minimum Gasteiger partial charge on any atom is -0.324 e. The fourth-order valence-corrected chi connectivity index (χ4v) is 3.83. The number of rotatable bonds is 5. The van der Waals surface area contributed by atoms with Crippen molar-refractivity contribution in [1.29, 1.82) is 0 Å². The number of anilines is 1. The summed E-state index contributed by atoms with van der Waals surface area (Å²) in [6.45, 7) is 6.38. The van der Waals surface area contributed by atoms with Gasteiger partial charge in [-0.2, -0.15) is 0 Å². The number of fused-ring (bicyclic) bond motifs is 1. The minimum atomic E-state index is -0.383. The van der Waals surface area contributed by atoms with Crippen LogP contribution >= 0.6 is 0 Å². The molecule has 0 bridgehead atoms. The van der Waals surface area contributed by atoms with E-state index >= 15 is 0 Å². The van der Waals surface area contributed by atoms with E-state index in [2.05, 4.69) is 22.0 Å². The van der Waals surface area contributed by atoms with E-state index in [0.717, 1.165) is 26.1 Å². The molecular weight excluding hydrogens is 293 g/mol. The monoisotopic (exact) mass is 319 g/mol. The quantitative estimate of drug-likeness (QED) is 0.906. The maximum absolute atomic E-state index is 13.6. The van der Waals surface area contributed by atoms with Crippen molar-refractivity contribution in [3.05, 3.63) is 30.1 Å². The number of benzene rings is 1. The van der Waals surface area contributed by atoms with E-state index in [1.165, 1.54) is 25.5 Å². The Balaban J connectivity index is 1.52. The highest BCUT2D eigenvalue weighted by Crippen LogP contribution is 2.26. The molecule has 5 heteroatoms. The number of amides is 1. The third-order valence-electron chi connectivity index (χ3n) is 5.15. The van der Waals surface area contributed by atoms with Gasteiger partial charge >= 0.3 is 0 Å². The van der Waals surface area contributed by atoms with Gasteiger partial charge in [0.2, 0.25) is 5.91 Å². The normalized spacial score (nSPS) is 25.3. The molecule has 0 unspecified atom stereocenters. The van der Waals surface area contributed by atoms with Crippen molar-refractivity contribution in [1.82, 2.24) is 9.80 Å². The standard InChI is InChI=1S/C18H26FN3O/c1-2-14-12-21-10-5-6-15(21)13-22(14)11-9-18(23)20-17-8-4-3-7-16(17)19/h3-4,7-8,14-15H,2,5-6,9-13H2,1H3,(H,20,23)/t14-,15+/m1/s1. The van der Waals surface area contributed by atoms with Crippen LogP contribution in [0.4, 0.5) is 10.1 Å². The Labute approximate surface area is 137 Å². The molecule has 1 amide bonds. The summed E-state index contributed by atoms with van der Waals surface area (Å²) in [5.74, 6) is -0.495. The summed E-state index contributed by atoms with van der Waals surface area (Å²) in [6.07, 6.45) is 4.09. The summed E-state index contributed by atoms with van der Waals surface area (Å²) < 4.78 is 13.6. The Morgan fingerprint density at radius 2 is 2.17 bits per heavy atom. The average Bonchev–Trinajstić information content (AvgIpc) is 3.01. The second-order valence-corrected chi connectivity index (χ2v) is 6.63. The molecule has 126 valence electrons. The van der Waals surface area contributed by atoms with Gasteiger partial charge in [-0.25, -0.2) is 4.39 Å². The van der Waals surface area contributed by atoms with Crippen molar-refractivity contribution in [2.24, 2.45) is 0 Å². The maximum Gasteiger partial charge on any atom is 0.225 e. The van der Waals surface area contributed by atoms with E-state index in [1.807, 2.05) is 0 Å². The first kappa shape index (κ1) is 16.4. The molecule has 1 aromatic carbocycles. The summed E-state index contributed by atoms with van der Waals surface area (Å²) in [4.78, 5) is 17.2. The molecule has 4 nitrogen and oxygen atoms in total. The van der Waals surface area contributed by atoms with Gasteiger partial charge in [0.25, 0.3) is 0 Å². The Hall–Kier alpha value is -1.46. The number of piperazine rings is 1. The number of carbonyl (C=O) groups excluding carboxylic acids is 1. The molecule has 0 spiro atoms. The molecule has 1 N–H and O–H groups in total. The van der Waals surface area contributed by atoms with E-state index in [1.54, 1.807) is 18.2 Å². The molecule has 3 rings (SSSR count). The van der Waals surface area contributed by atoms with Gasteiger partial charge in [-0.1, -0.05) is 19.1 Å². The molecule has 2 fully saturated rings. The smallest absolute Gasteiger partial charge is 0.225 e. The van der Waals surface area contributed by atoms with Crippen LogP contribution in [0.1, 0.15) is 32.6 Å². The van der Waals surface area contributed by atoms with Crippen molar-refractivity contribution >= 4 is 11.6 Å². The number of nitrogens with one attached hydrogen (secondary N) is 1.